The first-order valence-corrected chi connectivity index (χ1v) is 14.0. The number of benzene rings is 2. The summed E-state index contributed by atoms with van der Waals surface area (Å²) < 4.78 is 8.03. The van der Waals surface area contributed by atoms with E-state index in [2.05, 4.69) is 53.3 Å². The van der Waals surface area contributed by atoms with E-state index in [4.69, 9.17) is 4.74 Å². The minimum Gasteiger partial charge on any atom is -0.494 e. The third-order valence-electron chi connectivity index (χ3n) is 7.57. The molecule has 2 aromatic heterocycles. The molecular weight excluding hydrogens is 478 g/mol. The Morgan fingerprint density at radius 1 is 1.05 bits per heavy atom. The SMILES string of the molecule is CCOc1ccc([C@@H]2c3cccn3-c3sc4c(c3CN2C(=O)Nc2ccc(C)cc2C)CCCC4)cc1. The van der Waals surface area contributed by atoms with Gasteiger partial charge in [-0.25, -0.2) is 4.79 Å². The van der Waals surface area contributed by atoms with Crippen LogP contribution in [0.4, 0.5) is 10.5 Å². The molecule has 4 aromatic rings. The van der Waals surface area contributed by atoms with E-state index in [1.807, 2.05) is 54.3 Å². The molecule has 37 heavy (non-hydrogen) atoms. The highest BCUT2D eigenvalue weighted by atomic mass is 32.1. The lowest BCUT2D eigenvalue weighted by molar-refractivity contribution is 0.194. The number of nitrogens with zero attached hydrogens (tertiary/aromatic N) is 2. The van der Waals surface area contributed by atoms with Gasteiger partial charge in [-0.2, -0.15) is 0 Å². The number of rotatable bonds is 4. The second-order valence-electron chi connectivity index (χ2n) is 10.1. The average molecular weight is 512 g/mol. The number of ether oxygens (including phenoxy) is 1. The standard InChI is InChI=1S/C31H33N3O2S/c1-4-36-23-14-12-22(13-15-23)29-27-9-7-17-33(27)30-25(24-8-5-6-10-28(24)37-30)19-34(29)31(35)32-26-16-11-20(2)18-21(26)3/h7,9,11-18,29H,4-6,8,10,19H2,1-3H3,(H,32,35)/t29-/m1/s1. The van der Waals surface area contributed by atoms with Crippen molar-refractivity contribution in [3.8, 4) is 10.8 Å². The van der Waals surface area contributed by atoms with Crippen LogP contribution in [0.15, 0.2) is 60.8 Å². The highest BCUT2D eigenvalue weighted by molar-refractivity contribution is 7.15. The summed E-state index contributed by atoms with van der Waals surface area (Å²) in [5.74, 6) is 0.842. The van der Waals surface area contributed by atoms with Crippen molar-refractivity contribution in [2.45, 2.75) is 59.0 Å². The zero-order valence-electron chi connectivity index (χ0n) is 21.7. The molecule has 2 aliphatic rings. The van der Waals surface area contributed by atoms with E-state index in [9.17, 15) is 4.79 Å². The predicted molar refractivity (Wildman–Crippen MR) is 150 cm³/mol. The predicted octanol–water partition coefficient (Wildman–Crippen LogP) is 7.57. The number of aryl methyl sites for hydroxylation is 3. The molecule has 6 heteroatoms. The highest BCUT2D eigenvalue weighted by Crippen LogP contribution is 2.44. The fourth-order valence-corrected chi connectivity index (χ4v) is 7.20. The monoisotopic (exact) mass is 511 g/mol. The first kappa shape index (κ1) is 23.9. The quantitative estimate of drug-likeness (QED) is 0.307. The number of hydrogen-bond donors (Lipinski definition) is 1. The number of hydrogen-bond acceptors (Lipinski definition) is 3. The Morgan fingerprint density at radius 3 is 2.65 bits per heavy atom. The zero-order chi connectivity index (χ0) is 25.5. The van der Waals surface area contributed by atoms with Crippen LogP contribution in [0, 0.1) is 13.8 Å². The molecule has 1 aliphatic heterocycles. The molecule has 1 aliphatic carbocycles. The van der Waals surface area contributed by atoms with E-state index in [-0.39, 0.29) is 12.1 Å². The van der Waals surface area contributed by atoms with Gasteiger partial charge >= 0.3 is 6.03 Å². The number of nitrogens with one attached hydrogen (secondary N) is 1. The molecular formula is C31H33N3O2S. The average Bonchev–Trinajstić information content (AvgIpc) is 3.48. The van der Waals surface area contributed by atoms with Crippen LogP contribution >= 0.6 is 11.3 Å². The van der Waals surface area contributed by atoms with Crippen LogP contribution in [-0.2, 0) is 19.4 Å². The minimum atomic E-state index is -0.227. The molecule has 5 nitrogen and oxygen atoms in total. The molecule has 0 fully saturated rings. The Balaban J connectivity index is 1.47. The first-order chi connectivity index (χ1) is 18.0. The Labute approximate surface area is 222 Å². The van der Waals surface area contributed by atoms with Crippen molar-refractivity contribution in [3.05, 3.63) is 99.2 Å². The van der Waals surface area contributed by atoms with Gasteiger partial charge in [0.1, 0.15) is 10.8 Å². The van der Waals surface area contributed by atoms with Crippen molar-refractivity contribution < 1.29 is 9.53 Å². The van der Waals surface area contributed by atoms with Crippen LogP contribution in [0.25, 0.3) is 5.00 Å². The van der Waals surface area contributed by atoms with Gasteiger partial charge in [0.15, 0.2) is 0 Å². The van der Waals surface area contributed by atoms with Gasteiger partial charge < -0.3 is 19.5 Å². The summed E-state index contributed by atoms with van der Waals surface area (Å²) in [6.45, 7) is 7.32. The molecule has 0 unspecified atom stereocenters. The summed E-state index contributed by atoms with van der Waals surface area (Å²) in [6, 6.07) is 18.3. The lowest BCUT2D eigenvalue weighted by Crippen LogP contribution is -2.38. The third-order valence-corrected chi connectivity index (χ3v) is 8.90. The number of carbonyl (C=O) groups is 1. The minimum absolute atomic E-state index is 0.0813. The number of carbonyl (C=O) groups excluding carboxylic acids is 1. The molecule has 2 amide bonds. The molecule has 1 N–H and O–H groups in total. The second kappa shape index (κ2) is 9.75. The number of urea groups is 1. The maximum atomic E-state index is 14.1. The van der Waals surface area contributed by atoms with Crippen molar-refractivity contribution >= 4 is 23.1 Å². The number of aromatic nitrogens is 1. The summed E-state index contributed by atoms with van der Waals surface area (Å²) in [4.78, 5) is 17.6. The van der Waals surface area contributed by atoms with E-state index in [0.29, 0.717) is 13.2 Å². The smallest absolute Gasteiger partial charge is 0.322 e. The lowest BCUT2D eigenvalue weighted by Gasteiger charge is -2.31. The molecule has 0 radical (unpaired) electrons. The molecule has 6 rings (SSSR count). The normalized spacial score (nSPS) is 16.4. The van der Waals surface area contributed by atoms with Crippen LogP contribution in [0.1, 0.15) is 64.2 Å². The van der Waals surface area contributed by atoms with E-state index >= 15 is 0 Å². The Kier molecular flexibility index (Phi) is 6.29. The van der Waals surface area contributed by atoms with Crippen molar-refractivity contribution in [3.63, 3.8) is 0 Å². The van der Waals surface area contributed by atoms with Gasteiger partial charge in [-0.3, -0.25) is 0 Å². The van der Waals surface area contributed by atoms with E-state index in [1.165, 1.54) is 39.4 Å². The van der Waals surface area contributed by atoms with Gasteiger partial charge in [0.25, 0.3) is 0 Å². The largest absolute Gasteiger partial charge is 0.494 e. The van der Waals surface area contributed by atoms with Gasteiger partial charge in [-0.05, 0) is 93.5 Å². The maximum Gasteiger partial charge on any atom is 0.322 e. The lowest BCUT2D eigenvalue weighted by atomic mass is 9.95. The zero-order valence-corrected chi connectivity index (χ0v) is 22.5. The molecule has 190 valence electrons. The van der Waals surface area contributed by atoms with Crippen LogP contribution in [0.3, 0.4) is 0 Å². The van der Waals surface area contributed by atoms with Gasteiger partial charge in [0.2, 0.25) is 0 Å². The molecule has 1 atom stereocenters. The van der Waals surface area contributed by atoms with Crippen molar-refractivity contribution in [1.29, 1.82) is 0 Å². The summed E-state index contributed by atoms with van der Waals surface area (Å²) in [6.07, 6.45) is 6.85. The molecule has 2 aromatic carbocycles. The van der Waals surface area contributed by atoms with Crippen LogP contribution in [0.2, 0.25) is 0 Å². The van der Waals surface area contributed by atoms with Crippen LogP contribution in [0.5, 0.6) is 5.75 Å². The molecule has 3 heterocycles. The van der Waals surface area contributed by atoms with Gasteiger partial charge in [-0.15, -0.1) is 11.3 Å². The van der Waals surface area contributed by atoms with Crippen LogP contribution < -0.4 is 10.1 Å². The number of anilines is 1. The van der Waals surface area contributed by atoms with Crippen molar-refractivity contribution in [2.24, 2.45) is 0 Å². The molecule has 0 bridgehead atoms. The summed E-state index contributed by atoms with van der Waals surface area (Å²) >= 11 is 1.91. The second-order valence-corrected chi connectivity index (χ2v) is 11.2. The van der Waals surface area contributed by atoms with Crippen molar-refractivity contribution in [2.75, 3.05) is 11.9 Å². The van der Waals surface area contributed by atoms with E-state index < -0.39 is 0 Å². The molecule has 0 saturated carbocycles. The Morgan fingerprint density at radius 2 is 1.86 bits per heavy atom. The Bertz CT molecular complexity index is 1450. The first-order valence-electron chi connectivity index (χ1n) is 13.2. The van der Waals surface area contributed by atoms with Gasteiger partial charge in [0, 0.05) is 22.3 Å². The van der Waals surface area contributed by atoms with E-state index in [1.54, 1.807) is 0 Å². The van der Waals surface area contributed by atoms with Gasteiger partial charge in [0.05, 0.1) is 24.9 Å². The summed E-state index contributed by atoms with van der Waals surface area (Å²) in [5, 5.41) is 4.52. The van der Waals surface area contributed by atoms with Gasteiger partial charge in [-0.1, -0.05) is 29.8 Å². The van der Waals surface area contributed by atoms with E-state index in [0.717, 1.165) is 41.1 Å². The molecule has 0 saturated heterocycles. The Hall–Kier alpha value is -3.51. The fourth-order valence-electron chi connectivity index (χ4n) is 5.79. The molecule has 0 spiro atoms. The van der Waals surface area contributed by atoms with Crippen molar-refractivity contribution in [1.82, 2.24) is 9.47 Å². The summed E-state index contributed by atoms with van der Waals surface area (Å²) in [5.41, 5.74) is 8.06. The summed E-state index contributed by atoms with van der Waals surface area (Å²) in [7, 11) is 0. The fraction of sp³-hybridized carbons (Fsp3) is 0.323. The van der Waals surface area contributed by atoms with Crippen LogP contribution in [-0.4, -0.2) is 22.1 Å². The number of amides is 2. The third kappa shape index (κ3) is 4.33. The number of thiophene rings is 1. The number of fused-ring (bicyclic) bond motifs is 5. The maximum absolute atomic E-state index is 14.1. The topological polar surface area (TPSA) is 46.5 Å². The highest BCUT2D eigenvalue weighted by Gasteiger charge is 2.36.